The van der Waals surface area contributed by atoms with E-state index >= 15 is 0 Å². The first-order valence-electron chi connectivity index (χ1n) is 5.04. The van der Waals surface area contributed by atoms with Gasteiger partial charge in [-0.15, -0.1) is 0 Å². The maximum absolute atomic E-state index is 6.17. The molecule has 0 spiro atoms. The molecule has 1 aromatic heterocycles. The van der Waals surface area contributed by atoms with Crippen molar-refractivity contribution >= 4 is 33.4 Å². The molecule has 0 radical (unpaired) electrons. The van der Waals surface area contributed by atoms with Crippen molar-refractivity contribution in [2.45, 2.75) is 0 Å². The molecule has 3 heteroatoms. The van der Waals surface area contributed by atoms with Gasteiger partial charge in [-0.05, 0) is 18.2 Å². The van der Waals surface area contributed by atoms with Crippen molar-refractivity contribution in [1.29, 1.82) is 0 Å². The molecule has 0 saturated carbocycles. The first kappa shape index (κ1) is 9.55. The molecule has 0 amide bonds. The molecule has 0 aliphatic rings. The molecular formula is C13H10ClNO. The minimum absolute atomic E-state index is 0.715. The average molecular weight is 232 g/mol. The number of para-hydroxylation sites is 1. The molecule has 3 aromatic rings. The second-order valence-electron chi connectivity index (χ2n) is 3.67. The molecule has 2 nitrogen and oxygen atoms in total. The number of methoxy groups -OCH3 is 1. The van der Waals surface area contributed by atoms with Crippen molar-refractivity contribution in [1.82, 2.24) is 4.98 Å². The Morgan fingerprint density at radius 3 is 2.75 bits per heavy atom. The van der Waals surface area contributed by atoms with Gasteiger partial charge in [0.1, 0.15) is 5.75 Å². The number of aromatic amines is 1. The van der Waals surface area contributed by atoms with Gasteiger partial charge in [0.2, 0.25) is 0 Å². The van der Waals surface area contributed by atoms with Gasteiger partial charge in [0.25, 0.3) is 0 Å². The normalized spacial score (nSPS) is 11.1. The van der Waals surface area contributed by atoms with Gasteiger partial charge in [0.05, 0.1) is 23.0 Å². The van der Waals surface area contributed by atoms with Crippen LogP contribution in [0.25, 0.3) is 21.8 Å². The van der Waals surface area contributed by atoms with Crippen LogP contribution in [0.4, 0.5) is 0 Å². The van der Waals surface area contributed by atoms with E-state index in [1.165, 1.54) is 0 Å². The van der Waals surface area contributed by atoms with Crippen LogP contribution in [0.2, 0.25) is 5.02 Å². The maximum atomic E-state index is 6.17. The standard InChI is InChI=1S/C13H10ClNO/c1-16-11-7-6-9(14)13-12(11)8-4-2-3-5-10(8)15-13/h2-7,15H,1H3. The summed E-state index contributed by atoms with van der Waals surface area (Å²) >= 11 is 6.17. The zero-order valence-corrected chi connectivity index (χ0v) is 9.51. The lowest BCUT2D eigenvalue weighted by molar-refractivity contribution is 0.420. The highest BCUT2D eigenvalue weighted by Gasteiger charge is 2.11. The van der Waals surface area contributed by atoms with Crippen molar-refractivity contribution < 1.29 is 4.74 Å². The molecule has 0 saturated heterocycles. The van der Waals surface area contributed by atoms with Crippen LogP contribution in [0, 0.1) is 0 Å². The fraction of sp³-hybridized carbons (Fsp3) is 0.0769. The molecule has 0 aliphatic carbocycles. The quantitative estimate of drug-likeness (QED) is 0.673. The van der Waals surface area contributed by atoms with Crippen molar-refractivity contribution in [3.05, 3.63) is 41.4 Å². The van der Waals surface area contributed by atoms with E-state index in [0.29, 0.717) is 5.02 Å². The Balaban J connectivity index is 2.59. The molecule has 16 heavy (non-hydrogen) atoms. The lowest BCUT2D eigenvalue weighted by Gasteiger charge is -2.02. The van der Waals surface area contributed by atoms with Gasteiger partial charge in [-0.1, -0.05) is 29.8 Å². The monoisotopic (exact) mass is 231 g/mol. The van der Waals surface area contributed by atoms with Crippen LogP contribution in [0.15, 0.2) is 36.4 Å². The van der Waals surface area contributed by atoms with E-state index in [-0.39, 0.29) is 0 Å². The molecule has 0 unspecified atom stereocenters. The van der Waals surface area contributed by atoms with Gasteiger partial charge < -0.3 is 9.72 Å². The molecule has 80 valence electrons. The van der Waals surface area contributed by atoms with E-state index in [0.717, 1.165) is 27.6 Å². The van der Waals surface area contributed by atoms with E-state index in [2.05, 4.69) is 11.1 Å². The Morgan fingerprint density at radius 2 is 1.94 bits per heavy atom. The molecule has 2 aromatic carbocycles. The molecule has 0 atom stereocenters. The topological polar surface area (TPSA) is 25.0 Å². The summed E-state index contributed by atoms with van der Waals surface area (Å²) in [5.74, 6) is 0.844. The van der Waals surface area contributed by atoms with Crippen LogP contribution in [-0.2, 0) is 0 Å². The minimum atomic E-state index is 0.715. The Labute approximate surface area is 97.8 Å². The lowest BCUT2D eigenvalue weighted by Crippen LogP contribution is -1.83. The van der Waals surface area contributed by atoms with Gasteiger partial charge in [-0.2, -0.15) is 0 Å². The second kappa shape index (κ2) is 3.42. The number of hydrogen-bond acceptors (Lipinski definition) is 1. The molecule has 3 rings (SSSR count). The van der Waals surface area contributed by atoms with Crippen LogP contribution in [0.5, 0.6) is 5.75 Å². The first-order valence-corrected chi connectivity index (χ1v) is 5.42. The Morgan fingerprint density at radius 1 is 1.12 bits per heavy atom. The predicted molar refractivity (Wildman–Crippen MR) is 67.4 cm³/mol. The van der Waals surface area contributed by atoms with Gasteiger partial charge in [-0.3, -0.25) is 0 Å². The minimum Gasteiger partial charge on any atom is -0.496 e. The first-order chi connectivity index (χ1) is 7.81. The number of H-pyrrole nitrogens is 1. The summed E-state index contributed by atoms with van der Waals surface area (Å²) in [4.78, 5) is 3.31. The van der Waals surface area contributed by atoms with Gasteiger partial charge in [-0.25, -0.2) is 0 Å². The number of rotatable bonds is 1. The van der Waals surface area contributed by atoms with Crippen molar-refractivity contribution in [3.8, 4) is 5.75 Å². The van der Waals surface area contributed by atoms with E-state index in [4.69, 9.17) is 16.3 Å². The van der Waals surface area contributed by atoms with Crippen LogP contribution in [-0.4, -0.2) is 12.1 Å². The number of hydrogen-bond donors (Lipinski definition) is 1. The second-order valence-corrected chi connectivity index (χ2v) is 4.08. The van der Waals surface area contributed by atoms with Crippen LogP contribution >= 0.6 is 11.6 Å². The number of halogens is 1. The smallest absolute Gasteiger partial charge is 0.128 e. The highest BCUT2D eigenvalue weighted by molar-refractivity contribution is 6.36. The van der Waals surface area contributed by atoms with Crippen molar-refractivity contribution in [3.63, 3.8) is 0 Å². The summed E-state index contributed by atoms with van der Waals surface area (Å²) in [6.45, 7) is 0. The van der Waals surface area contributed by atoms with E-state index in [9.17, 15) is 0 Å². The fourth-order valence-corrected chi connectivity index (χ4v) is 2.27. The zero-order valence-electron chi connectivity index (χ0n) is 8.75. The van der Waals surface area contributed by atoms with E-state index in [1.54, 1.807) is 7.11 Å². The van der Waals surface area contributed by atoms with Crippen molar-refractivity contribution in [2.75, 3.05) is 7.11 Å². The van der Waals surface area contributed by atoms with Gasteiger partial charge >= 0.3 is 0 Å². The number of ether oxygens (including phenoxy) is 1. The van der Waals surface area contributed by atoms with Crippen LogP contribution in [0.3, 0.4) is 0 Å². The summed E-state index contributed by atoms with van der Waals surface area (Å²) in [6, 6.07) is 11.8. The third-order valence-electron chi connectivity index (χ3n) is 2.79. The number of nitrogens with one attached hydrogen (secondary N) is 1. The van der Waals surface area contributed by atoms with Gasteiger partial charge in [0.15, 0.2) is 0 Å². The third kappa shape index (κ3) is 1.20. The van der Waals surface area contributed by atoms with E-state index in [1.807, 2.05) is 30.3 Å². The van der Waals surface area contributed by atoms with Crippen molar-refractivity contribution in [2.24, 2.45) is 0 Å². The predicted octanol–water partition coefficient (Wildman–Crippen LogP) is 3.98. The summed E-state index contributed by atoms with van der Waals surface area (Å²) in [6.07, 6.45) is 0. The largest absolute Gasteiger partial charge is 0.496 e. The third-order valence-corrected chi connectivity index (χ3v) is 3.11. The maximum Gasteiger partial charge on any atom is 0.128 e. The summed E-state index contributed by atoms with van der Waals surface area (Å²) < 4.78 is 5.37. The number of aromatic nitrogens is 1. The van der Waals surface area contributed by atoms with Crippen LogP contribution in [0.1, 0.15) is 0 Å². The van der Waals surface area contributed by atoms with E-state index < -0.39 is 0 Å². The molecule has 1 N–H and O–H groups in total. The van der Waals surface area contributed by atoms with Gasteiger partial charge in [0, 0.05) is 10.9 Å². The average Bonchev–Trinajstić information content (AvgIpc) is 2.70. The number of benzene rings is 2. The highest BCUT2D eigenvalue weighted by Crippen LogP contribution is 2.36. The molecule has 1 heterocycles. The lowest BCUT2D eigenvalue weighted by atomic mass is 10.1. The summed E-state index contributed by atoms with van der Waals surface area (Å²) in [7, 11) is 1.67. The molecular weight excluding hydrogens is 222 g/mol. The summed E-state index contributed by atoms with van der Waals surface area (Å²) in [5, 5.41) is 2.90. The zero-order chi connectivity index (χ0) is 11.1. The Bertz CT molecular complexity index is 672. The molecule has 0 bridgehead atoms. The Kier molecular flexibility index (Phi) is 2.04. The molecule has 0 aliphatic heterocycles. The SMILES string of the molecule is COc1ccc(Cl)c2[nH]c3ccccc3c12. The fourth-order valence-electron chi connectivity index (χ4n) is 2.06. The Hall–Kier alpha value is -1.67. The number of fused-ring (bicyclic) bond motifs is 3. The molecule has 0 fully saturated rings. The highest BCUT2D eigenvalue weighted by atomic mass is 35.5. The van der Waals surface area contributed by atoms with Crippen LogP contribution < -0.4 is 4.74 Å². The summed E-state index contributed by atoms with van der Waals surface area (Å²) in [5.41, 5.74) is 2.01.